The number of nitrogens with one attached hydrogen (secondary N) is 1. The molecule has 0 spiro atoms. The lowest BCUT2D eigenvalue weighted by Gasteiger charge is -2.32. The Morgan fingerprint density at radius 2 is 2.05 bits per heavy atom. The number of halogens is 4. The molecule has 6 nitrogen and oxygen atoms in total. The summed E-state index contributed by atoms with van der Waals surface area (Å²) in [7, 11) is 0. The van der Waals surface area contributed by atoms with Crippen LogP contribution in [-0.4, -0.2) is 62.3 Å². The molecule has 0 aromatic carbocycles. The molecule has 0 saturated carbocycles. The summed E-state index contributed by atoms with van der Waals surface area (Å²) in [4.78, 5) is 24.9. The molecule has 1 aliphatic rings. The minimum Gasteiger partial charge on any atom is -0.362 e. The maximum absolute atomic E-state index is 11.9. The molecule has 0 aromatic rings. The van der Waals surface area contributed by atoms with E-state index in [4.69, 9.17) is 5.73 Å². The summed E-state index contributed by atoms with van der Waals surface area (Å²) in [6.07, 6.45) is -3.18. The number of ether oxygens (including phenoxy) is 1. The second-order valence-electron chi connectivity index (χ2n) is 4.87. The van der Waals surface area contributed by atoms with Crippen LogP contribution in [0.15, 0.2) is 0 Å². The van der Waals surface area contributed by atoms with Gasteiger partial charge in [0, 0.05) is 26.2 Å². The van der Waals surface area contributed by atoms with Crippen LogP contribution in [0.3, 0.4) is 0 Å². The summed E-state index contributed by atoms with van der Waals surface area (Å²) in [5.41, 5.74) is 5.28. The zero-order chi connectivity index (χ0) is 15.9. The number of carbonyl (C=O) groups is 2. The van der Waals surface area contributed by atoms with Crippen molar-refractivity contribution in [3.63, 3.8) is 0 Å². The van der Waals surface area contributed by atoms with Crippen LogP contribution in [0.2, 0.25) is 0 Å². The molecular formula is C12H21ClF3N3O3. The number of hydrogen-bond donors (Lipinski definition) is 2. The number of nitrogens with two attached hydrogens (primary N) is 1. The predicted octanol–water partition coefficient (Wildman–Crippen LogP) is 0.301. The van der Waals surface area contributed by atoms with E-state index in [1.807, 2.05) is 0 Å². The minimum absolute atomic E-state index is 0. The lowest BCUT2D eigenvalue weighted by molar-refractivity contribution is -0.178. The van der Waals surface area contributed by atoms with Gasteiger partial charge in [-0.1, -0.05) is 0 Å². The molecule has 1 rings (SSSR count). The van der Waals surface area contributed by atoms with Gasteiger partial charge in [0.15, 0.2) is 0 Å². The molecule has 1 heterocycles. The van der Waals surface area contributed by atoms with Gasteiger partial charge in [0.2, 0.25) is 11.8 Å². The fourth-order valence-electron chi connectivity index (χ4n) is 2.10. The molecule has 130 valence electrons. The van der Waals surface area contributed by atoms with Crippen molar-refractivity contribution in [1.82, 2.24) is 10.2 Å². The number of likely N-dealkylation sites (tertiary alicyclic amines) is 1. The number of alkyl halides is 3. The van der Waals surface area contributed by atoms with Gasteiger partial charge in [-0.3, -0.25) is 9.59 Å². The van der Waals surface area contributed by atoms with Crippen molar-refractivity contribution in [1.29, 1.82) is 0 Å². The third kappa shape index (κ3) is 7.81. The zero-order valence-corrected chi connectivity index (χ0v) is 12.8. The first-order valence-electron chi connectivity index (χ1n) is 6.73. The maximum Gasteiger partial charge on any atom is 0.411 e. The van der Waals surface area contributed by atoms with Crippen LogP contribution in [0, 0.1) is 5.92 Å². The third-order valence-electron chi connectivity index (χ3n) is 3.08. The molecule has 22 heavy (non-hydrogen) atoms. The van der Waals surface area contributed by atoms with E-state index >= 15 is 0 Å². The first-order valence-corrected chi connectivity index (χ1v) is 6.73. The Hall–Kier alpha value is -1.06. The van der Waals surface area contributed by atoms with Crippen LogP contribution in [0.4, 0.5) is 13.2 Å². The van der Waals surface area contributed by atoms with Gasteiger partial charge in [0.25, 0.3) is 0 Å². The normalized spacial score (nSPS) is 18.5. The van der Waals surface area contributed by atoms with Gasteiger partial charge in [-0.25, -0.2) is 0 Å². The SMILES string of the molecule is Cl.NCCNC(=O)C1CCCN(C(=O)COCC(F)(F)F)C1. The summed E-state index contributed by atoms with van der Waals surface area (Å²) in [5.74, 6) is -1.07. The zero-order valence-electron chi connectivity index (χ0n) is 12.0. The number of piperidine rings is 1. The molecule has 0 aliphatic carbocycles. The van der Waals surface area contributed by atoms with Gasteiger partial charge in [-0.15, -0.1) is 12.4 Å². The number of carbonyl (C=O) groups excluding carboxylic acids is 2. The Balaban J connectivity index is 0.00000441. The van der Waals surface area contributed by atoms with Crippen molar-refractivity contribution >= 4 is 24.2 Å². The lowest BCUT2D eigenvalue weighted by Crippen LogP contribution is -2.47. The van der Waals surface area contributed by atoms with E-state index in [1.54, 1.807) is 0 Å². The molecular weight excluding hydrogens is 327 g/mol. The number of amides is 2. The molecule has 2 amide bonds. The summed E-state index contributed by atoms with van der Waals surface area (Å²) < 4.78 is 40.1. The number of rotatable bonds is 6. The van der Waals surface area contributed by atoms with Gasteiger partial charge < -0.3 is 20.7 Å². The fraction of sp³-hybridized carbons (Fsp3) is 0.833. The van der Waals surface area contributed by atoms with Gasteiger partial charge in [0.05, 0.1) is 5.92 Å². The van der Waals surface area contributed by atoms with Gasteiger partial charge in [-0.2, -0.15) is 13.2 Å². The van der Waals surface area contributed by atoms with Crippen LogP contribution >= 0.6 is 12.4 Å². The largest absolute Gasteiger partial charge is 0.411 e. The molecule has 1 aliphatic heterocycles. The minimum atomic E-state index is -4.45. The fourth-order valence-corrected chi connectivity index (χ4v) is 2.10. The average molecular weight is 348 g/mol. The molecule has 1 unspecified atom stereocenters. The first kappa shape index (κ1) is 20.9. The van der Waals surface area contributed by atoms with E-state index in [2.05, 4.69) is 10.1 Å². The predicted molar refractivity (Wildman–Crippen MR) is 75.5 cm³/mol. The summed E-state index contributed by atoms with van der Waals surface area (Å²) in [6, 6.07) is 0. The molecule has 3 N–H and O–H groups in total. The topological polar surface area (TPSA) is 84.7 Å². The lowest BCUT2D eigenvalue weighted by atomic mass is 9.97. The molecule has 1 atom stereocenters. The highest BCUT2D eigenvalue weighted by Crippen LogP contribution is 2.18. The highest BCUT2D eigenvalue weighted by Gasteiger charge is 2.30. The Labute approximate surface area is 132 Å². The smallest absolute Gasteiger partial charge is 0.362 e. The van der Waals surface area contributed by atoms with Gasteiger partial charge in [0.1, 0.15) is 13.2 Å². The average Bonchev–Trinajstić information content (AvgIpc) is 2.43. The molecule has 1 saturated heterocycles. The molecule has 1 fully saturated rings. The van der Waals surface area contributed by atoms with Crippen molar-refractivity contribution in [2.24, 2.45) is 11.7 Å². The molecule has 0 radical (unpaired) electrons. The van der Waals surface area contributed by atoms with Crippen molar-refractivity contribution in [3.05, 3.63) is 0 Å². The van der Waals surface area contributed by atoms with E-state index in [-0.39, 0.29) is 30.8 Å². The monoisotopic (exact) mass is 347 g/mol. The molecule has 0 bridgehead atoms. The Morgan fingerprint density at radius 1 is 1.36 bits per heavy atom. The summed E-state index contributed by atoms with van der Waals surface area (Å²) in [6.45, 7) is -0.770. The summed E-state index contributed by atoms with van der Waals surface area (Å²) >= 11 is 0. The third-order valence-corrected chi connectivity index (χ3v) is 3.08. The Bertz CT molecular complexity index is 369. The maximum atomic E-state index is 11.9. The standard InChI is InChI=1S/C12H20F3N3O3.ClH/c13-12(14,15)8-21-7-10(19)18-5-1-2-9(6-18)11(20)17-4-3-16;/h9H,1-8,16H2,(H,17,20);1H. The van der Waals surface area contributed by atoms with E-state index in [0.717, 1.165) is 0 Å². The van der Waals surface area contributed by atoms with Crippen molar-refractivity contribution in [3.8, 4) is 0 Å². The molecule has 10 heteroatoms. The van der Waals surface area contributed by atoms with Crippen molar-refractivity contribution in [2.75, 3.05) is 39.4 Å². The van der Waals surface area contributed by atoms with Crippen LogP contribution in [-0.2, 0) is 14.3 Å². The second-order valence-corrected chi connectivity index (χ2v) is 4.87. The quantitative estimate of drug-likeness (QED) is 0.724. The number of nitrogens with zero attached hydrogens (tertiary/aromatic N) is 1. The van der Waals surface area contributed by atoms with Crippen LogP contribution in [0.25, 0.3) is 0 Å². The van der Waals surface area contributed by atoms with E-state index < -0.39 is 25.3 Å². The highest BCUT2D eigenvalue weighted by atomic mass is 35.5. The Kier molecular flexibility index (Phi) is 9.38. The van der Waals surface area contributed by atoms with Crippen LogP contribution < -0.4 is 11.1 Å². The number of hydrogen-bond acceptors (Lipinski definition) is 4. The summed E-state index contributed by atoms with van der Waals surface area (Å²) in [5, 5.41) is 2.64. The van der Waals surface area contributed by atoms with Crippen molar-refractivity contribution < 1.29 is 27.5 Å². The van der Waals surface area contributed by atoms with E-state index in [0.29, 0.717) is 32.5 Å². The van der Waals surface area contributed by atoms with Crippen LogP contribution in [0.1, 0.15) is 12.8 Å². The molecule has 0 aromatic heterocycles. The van der Waals surface area contributed by atoms with E-state index in [1.165, 1.54) is 4.90 Å². The second kappa shape index (κ2) is 9.86. The van der Waals surface area contributed by atoms with Gasteiger partial charge >= 0.3 is 6.18 Å². The van der Waals surface area contributed by atoms with Gasteiger partial charge in [-0.05, 0) is 12.8 Å². The van der Waals surface area contributed by atoms with Crippen LogP contribution in [0.5, 0.6) is 0 Å². The van der Waals surface area contributed by atoms with E-state index in [9.17, 15) is 22.8 Å². The first-order chi connectivity index (χ1) is 9.83. The Morgan fingerprint density at radius 3 is 2.64 bits per heavy atom. The highest BCUT2D eigenvalue weighted by molar-refractivity contribution is 5.85. The van der Waals surface area contributed by atoms with Crippen molar-refractivity contribution in [2.45, 2.75) is 19.0 Å².